The van der Waals surface area contributed by atoms with Gasteiger partial charge in [0.05, 0.1) is 11.5 Å². The first-order valence-corrected chi connectivity index (χ1v) is 8.43. The van der Waals surface area contributed by atoms with Crippen LogP contribution in [-0.2, 0) is 19.6 Å². The molecule has 0 fully saturated rings. The number of hydrogen-bond acceptors (Lipinski definition) is 5. The lowest BCUT2D eigenvalue weighted by Gasteiger charge is -2.20. The van der Waals surface area contributed by atoms with E-state index in [1.807, 2.05) is 0 Å². The highest BCUT2D eigenvalue weighted by Gasteiger charge is 2.19. The third-order valence-electron chi connectivity index (χ3n) is 2.94. The van der Waals surface area contributed by atoms with Crippen LogP contribution in [0.25, 0.3) is 0 Å². The van der Waals surface area contributed by atoms with Crippen molar-refractivity contribution in [2.24, 2.45) is 0 Å². The van der Waals surface area contributed by atoms with Gasteiger partial charge in [0.1, 0.15) is 6.54 Å². The average Bonchev–Trinajstić information content (AvgIpc) is 2.54. The molecule has 0 radical (unpaired) electrons. The Hall–Kier alpha value is -2.19. The van der Waals surface area contributed by atoms with E-state index in [2.05, 4.69) is 11.3 Å². The smallest absolute Gasteiger partial charge is 0.325 e. The van der Waals surface area contributed by atoms with Crippen molar-refractivity contribution >= 4 is 21.9 Å². The summed E-state index contributed by atoms with van der Waals surface area (Å²) in [6.07, 6.45) is 1.50. The van der Waals surface area contributed by atoms with Crippen molar-refractivity contribution in [1.82, 2.24) is 9.62 Å². The Balaban J connectivity index is 2.96. The molecule has 0 unspecified atom stereocenters. The first-order valence-electron chi connectivity index (χ1n) is 6.95. The van der Waals surface area contributed by atoms with Gasteiger partial charge in [-0.05, 0) is 38.2 Å². The number of rotatable bonds is 8. The minimum Gasteiger partial charge on any atom is -0.465 e. The molecular formula is C15H20N2O5S. The molecule has 0 aliphatic heterocycles. The third kappa shape index (κ3) is 5.19. The standard InChI is InChI=1S/C15H20N2O5S/c1-4-10-17(11-14(18)22-5-2)15(19)12-6-8-13(9-7-12)23(20,21)16-3/h4,6-9,16H,1,5,10-11H2,2-3H3. The van der Waals surface area contributed by atoms with E-state index in [1.54, 1.807) is 6.92 Å². The van der Waals surface area contributed by atoms with Crippen LogP contribution < -0.4 is 4.72 Å². The van der Waals surface area contributed by atoms with E-state index in [4.69, 9.17) is 4.74 Å². The lowest BCUT2D eigenvalue weighted by molar-refractivity contribution is -0.143. The SMILES string of the molecule is C=CCN(CC(=O)OCC)C(=O)c1ccc(S(=O)(=O)NC)cc1. The van der Waals surface area contributed by atoms with Gasteiger partial charge in [-0.15, -0.1) is 6.58 Å². The largest absolute Gasteiger partial charge is 0.465 e. The number of sulfonamides is 1. The van der Waals surface area contributed by atoms with E-state index in [9.17, 15) is 18.0 Å². The summed E-state index contributed by atoms with van der Waals surface area (Å²) in [5.41, 5.74) is 0.270. The molecule has 1 aromatic rings. The van der Waals surface area contributed by atoms with E-state index >= 15 is 0 Å². The third-order valence-corrected chi connectivity index (χ3v) is 4.37. The quantitative estimate of drug-likeness (QED) is 0.558. The summed E-state index contributed by atoms with van der Waals surface area (Å²) in [5, 5.41) is 0. The molecule has 0 aliphatic rings. The number of nitrogens with zero attached hydrogens (tertiary/aromatic N) is 1. The molecule has 1 N–H and O–H groups in total. The maximum Gasteiger partial charge on any atom is 0.325 e. The van der Waals surface area contributed by atoms with Gasteiger partial charge in [-0.1, -0.05) is 6.08 Å². The van der Waals surface area contributed by atoms with Crippen molar-refractivity contribution in [2.45, 2.75) is 11.8 Å². The number of carbonyl (C=O) groups is 2. The highest BCUT2D eigenvalue weighted by Crippen LogP contribution is 2.12. The molecule has 0 saturated heterocycles. The molecule has 0 bridgehead atoms. The van der Waals surface area contributed by atoms with Crippen molar-refractivity contribution in [2.75, 3.05) is 26.7 Å². The second-order valence-corrected chi connectivity index (χ2v) is 6.40. The number of carbonyl (C=O) groups excluding carboxylic acids is 2. The average molecular weight is 340 g/mol. The normalized spacial score (nSPS) is 10.9. The van der Waals surface area contributed by atoms with E-state index in [1.165, 1.54) is 42.3 Å². The van der Waals surface area contributed by atoms with Gasteiger partial charge < -0.3 is 9.64 Å². The van der Waals surface area contributed by atoms with Crippen LogP contribution in [0.3, 0.4) is 0 Å². The Labute approximate surface area is 136 Å². The summed E-state index contributed by atoms with van der Waals surface area (Å²) in [6, 6.07) is 5.45. The lowest BCUT2D eigenvalue weighted by atomic mass is 10.2. The van der Waals surface area contributed by atoms with Gasteiger partial charge in [0.2, 0.25) is 10.0 Å². The maximum absolute atomic E-state index is 12.4. The van der Waals surface area contributed by atoms with Crippen LogP contribution in [0, 0.1) is 0 Å². The Kier molecular flexibility index (Phi) is 6.92. The summed E-state index contributed by atoms with van der Waals surface area (Å²) in [6.45, 7) is 5.44. The van der Waals surface area contributed by atoms with Crippen LogP contribution >= 0.6 is 0 Å². The second kappa shape index (κ2) is 8.44. The van der Waals surface area contributed by atoms with Crippen molar-refractivity contribution in [3.8, 4) is 0 Å². The second-order valence-electron chi connectivity index (χ2n) is 4.51. The molecule has 0 spiro atoms. The molecule has 0 saturated carbocycles. The Bertz CT molecular complexity index is 668. The molecule has 1 aromatic carbocycles. The van der Waals surface area contributed by atoms with E-state index in [-0.39, 0.29) is 30.2 Å². The highest BCUT2D eigenvalue weighted by molar-refractivity contribution is 7.89. The molecule has 0 aromatic heterocycles. The number of ether oxygens (including phenoxy) is 1. The fourth-order valence-electron chi connectivity index (χ4n) is 1.81. The molecule has 7 nitrogen and oxygen atoms in total. The Morgan fingerprint density at radius 2 is 1.91 bits per heavy atom. The van der Waals surface area contributed by atoms with Gasteiger partial charge in [-0.3, -0.25) is 9.59 Å². The van der Waals surface area contributed by atoms with Gasteiger partial charge in [0.15, 0.2) is 0 Å². The number of hydrogen-bond donors (Lipinski definition) is 1. The lowest BCUT2D eigenvalue weighted by Crippen LogP contribution is -2.36. The topological polar surface area (TPSA) is 92.8 Å². The van der Waals surface area contributed by atoms with Gasteiger partial charge in [-0.2, -0.15) is 0 Å². The molecule has 8 heteroatoms. The zero-order valence-corrected chi connectivity index (χ0v) is 13.9. The fourth-order valence-corrected chi connectivity index (χ4v) is 2.54. The fraction of sp³-hybridized carbons (Fsp3) is 0.333. The molecule has 0 atom stereocenters. The Morgan fingerprint density at radius 3 is 2.39 bits per heavy atom. The number of amides is 1. The maximum atomic E-state index is 12.4. The van der Waals surface area contributed by atoms with Crippen LogP contribution in [0.4, 0.5) is 0 Å². The van der Waals surface area contributed by atoms with Crippen molar-refractivity contribution in [1.29, 1.82) is 0 Å². The van der Waals surface area contributed by atoms with E-state index in [0.29, 0.717) is 0 Å². The zero-order chi connectivity index (χ0) is 17.5. The summed E-state index contributed by atoms with van der Waals surface area (Å²) < 4.78 is 30.3. The van der Waals surface area contributed by atoms with E-state index in [0.717, 1.165) is 0 Å². The van der Waals surface area contributed by atoms with Crippen LogP contribution in [-0.4, -0.2) is 51.9 Å². The minimum atomic E-state index is -3.56. The summed E-state index contributed by atoms with van der Waals surface area (Å²) in [4.78, 5) is 25.3. The van der Waals surface area contributed by atoms with Crippen LogP contribution in [0.2, 0.25) is 0 Å². The van der Waals surface area contributed by atoms with Crippen LogP contribution in [0.1, 0.15) is 17.3 Å². The molecule has 23 heavy (non-hydrogen) atoms. The number of benzene rings is 1. The molecule has 1 rings (SSSR count). The van der Waals surface area contributed by atoms with Gasteiger partial charge in [-0.25, -0.2) is 13.1 Å². The molecule has 0 aliphatic carbocycles. The Morgan fingerprint density at radius 1 is 1.30 bits per heavy atom. The van der Waals surface area contributed by atoms with E-state index < -0.39 is 21.9 Å². The zero-order valence-electron chi connectivity index (χ0n) is 13.1. The highest BCUT2D eigenvalue weighted by atomic mass is 32.2. The van der Waals surface area contributed by atoms with Gasteiger partial charge >= 0.3 is 5.97 Å². The summed E-state index contributed by atoms with van der Waals surface area (Å²) >= 11 is 0. The number of esters is 1. The monoisotopic (exact) mass is 340 g/mol. The summed E-state index contributed by atoms with van der Waals surface area (Å²) in [5.74, 6) is -0.927. The summed E-state index contributed by atoms with van der Waals surface area (Å²) in [7, 11) is -2.26. The van der Waals surface area contributed by atoms with Crippen molar-refractivity contribution in [3.05, 3.63) is 42.5 Å². The first-order chi connectivity index (χ1) is 10.9. The van der Waals surface area contributed by atoms with Crippen molar-refractivity contribution in [3.63, 3.8) is 0 Å². The minimum absolute atomic E-state index is 0.0530. The van der Waals surface area contributed by atoms with Crippen LogP contribution in [0.15, 0.2) is 41.8 Å². The van der Waals surface area contributed by atoms with Gasteiger partial charge in [0, 0.05) is 12.1 Å². The molecule has 1 amide bonds. The molecule has 0 heterocycles. The van der Waals surface area contributed by atoms with Gasteiger partial charge in [0.25, 0.3) is 5.91 Å². The predicted octanol–water partition coefficient (Wildman–Crippen LogP) is 0.786. The molecular weight excluding hydrogens is 320 g/mol. The van der Waals surface area contributed by atoms with Crippen LogP contribution in [0.5, 0.6) is 0 Å². The molecule has 126 valence electrons. The first kappa shape index (κ1) is 18.9. The number of nitrogens with one attached hydrogen (secondary N) is 1. The van der Waals surface area contributed by atoms with Crippen molar-refractivity contribution < 1.29 is 22.7 Å². The predicted molar refractivity (Wildman–Crippen MR) is 85.4 cm³/mol.